The van der Waals surface area contributed by atoms with Crippen LogP contribution >= 0.6 is 23.1 Å². The van der Waals surface area contributed by atoms with Gasteiger partial charge in [-0.15, -0.1) is 23.1 Å². The lowest BCUT2D eigenvalue weighted by atomic mass is 9.88. The van der Waals surface area contributed by atoms with E-state index in [9.17, 15) is 4.79 Å². The number of thiazole rings is 1. The Morgan fingerprint density at radius 3 is 2.79 bits per heavy atom. The molecule has 0 unspecified atom stereocenters. The van der Waals surface area contributed by atoms with Crippen molar-refractivity contribution in [2.45, 2.75) is 32.1 Å². The highest BCUT2D eigenvalue weighted by molar-refractivity contribution is 8.03. The molecule has 1 saturated carbocycles. The molecular formula is C21H25N3O2S2. The molecule has 7 heteroatoms. The van der Waals surface area contributed by atoms with Gasteiger partial charge in [0.1, 0.15) is 5.75 Å². The molecule has 1 aliphatic carbocycles. The van der Waals surface area contributed by atoms with Gasteiger partial charge in [-0.25, -0.2) is 4.98 Å². The molecule has 0 spiro atoms. The summed E-state index contributed by atoms with van der Waals surface area (Å²) in [4.78, 5) is 19.6. The summed E-state index contributed by atoms with van der Waals surface area (Å²) in [5, 5.41) is 7.23. The van der Waals surface area contributed by atoms with E-state index in [1.54, 1.807) is 30.2 Å². The first kappa shape index (κ1) is 19.3. The number of methoxy groups -OCH3 is 1. The van der Waals surface area contributed by atoms with Crippen LogP contribution in [0.1, 0.15) is 37.8 Å². The van der Waals surface area contributed by atoms with Crippen molar-refractivity contribution < 1.29 is 9.53 Å². The minimum absolute atomic E-state index is 0.207. The van der Waals surface area contributed by atoms with Crippen LogP contribution in [0.15, 0.2) is 34.7 Å². The molecule has 28 heavy (non-hydrogen) atoms. The molecule has 1 aromatic heterocycles. The lowest BCUT2D eigenvalue weighted by molar-refractivity contribution is -0.133. The molecule has 1 aromatic carbocycles. The molecule has 1 N–H and O–H groups in total. The number of benzene rings is 1. The highest BCUT2D eigenvalue weighted by atomic mass is 32.2. The number of hydrogen-bond acceptors (Lipinski definition) is 6. The van der Waals surface area contributed by atoms with E-state index in [4.69, 9.17) is 4.74 Å². The van der Waals surface area contributed by atoms with Gasteiger partial charge in [0.25, 0.3) is 0 Å². The highest BCUT2D eigenvalue weighted by Gasteiger charge is 2.31. The van der Waals surface area contributed by atoms with Crippen LogP contribution in [0.2, 0.25) is 0 Å². The van der Waals surface area contributed by atoms with Gasteiger partial charge in [0.05, 0.1) is 17.8 Å². The Morgan fingerprint density at radius 1 is 1.25 bits per heavy atom. The van der Waals surface area contributed by atoms with Gasteiger partial charge in [-0.1, -0.05) is 19.3 Å². The Labute approximate surface area is 174 Å². The molecular weight excluding hydrogens is 390 g/mol. The van der Waals surface area contributed by atoms with Gasteiger partial charge >= 0.3 is 0 Å². The Kier molecular flexibility index (Phi) is 6.22. The van der Waals surface area contributed by atoms with Gasteiger partial charge in [-0.2, -0.15) is 0 Å². The lowest BCUT2D eigenvalue weighted by Gasteiger charge is -2.26. The summed E-state index contributed by atoms with van der Waals surface area (Å²) in [5.41, 5.74) is 1.87. The van der Waals surface area contributed by atoms with Crippen LogP contribution in [0.4, 0.5) is 10.8 Å². The maximum Gasteiger partial charge on any atom is 0.230 e. The van der Waals surface area contributed by atoms with Gasteiger partial charge in [0.15, 0.2) is 5.13 Å². The summed E-state index contributed by atoms with van der Waals surface area (Å²) in [6, 6.07) is 7.77. The fraction of sp³-hybridized carbons (Fsp3) is 0.429. The molecule has 1 saturated heterocycles. The molecule has 2 aliphatic rings. The number of hydrogen-bond donors (Lipinski definition) is 1. The number of anilines is 2. The monoisotopic (exact) mass is 415 g/mol. The highest BCUT2D eigenvalue weighted by Crippen LogP contribution is 2.35. The van der Waals surface area contributed by atoms with Crippen molar-refractivity contribution in [1.82, 2.24) is 9.88 Å². The molecule has 1 amide bonds. The van der Waals surface area contributed by atoms with Gasteiger partial charge in [-0.05, 0) is 43.2 Å². The average Bonchev–Trinajstić information content (AvgIpc) is 3.38. The Bertz CT molecular complexity index is 842. The quantitative estimate of drug-likeness (QED) is 0.713. The van der Waals surface area contributed by atoms with Crippen molar-refractivity contribution in [2.75, 3.05) is 24.7 Å². The number of rotatable bonds is 5. The summed E-state index contributed by atoms with van der Waals surface area (Å²) < 4.78 is 5.19. The number of carbonyl (C=O) groups is 1. The van der Waals surface area contributed by atoms with Crippen LogP contribution in [-0.2, 0) is 4.79 Å². The molecule has 2 fully saturated rings. The lowest BCUT2D eigenvalue weighted by Crippen LogP contribution is -2.34. The fourth-order valence-electron chi connectivity index (χ4n) is 3.67. The fourth-order valence-corrected chi connectivity index (χ4v) is 5.38. The molecule has 0 radical (unpaired) electrons. The molecule has 5 nitrogen and oxygen atoms in total. The van der Waals surface area contributed by atoms with Crippen molar-refractivity contribution in [3.63, 3.8) is 0 Å². The second-order valence-corrected chi connectivity index (χ2v) is 9.06. The SMILES string of the molecule is COc1ccc(Nc2nc(/C=C3/SCCN3C(=O)C3CCCCC3)cs2)cc1. The predicted octanol–water partition coefficient (Wildman–Crippen LogP) is 5.35. The summed E-state index contributed by atoms with van der Waals surface area (Å²) in [5.74, 6) is 2.31. The molecule has 0 atom stereocenters. The zero-order valence-corrected chi connectivity index (χ0v) is 17.7. The summed E-state index contributed by atoms with van der Waals surface area (Å²) in [6.45, 7) is 0.812. The topological polar surface area (TPSA) is 54.5 Å². The van der Waals surface area contributed by atoms with E-state index in [-0.39, 0.29) is 5.92 Å². The first-order chi connectivity index (χ1) is 13.7. The summed E-state index contributed by atoms with van der Waals surface area (Å²) >= 11 is 3.32. The number of thioether (sulfide) groups is 1. The molecule has 0 bridgehead atoms. The van der Waals surface area contributed by atoms with Gasteiger partial charge in [0, 0.05) is 29.3 Å². The minimum Gasteiger partial charge on any atom is -0.497 e. The second kappa shape index (κ2) is 9.01. The molecule has 4 rings (SSSR count). The van der Waals surface area contributed by atoms with Crippen molar-refractivity contribution in [3.05, 3.63) is 40.4 Å². The molecule has 2 heterocycles. The van der Waals surface area contributed by atoms with Crippen LogP contribution in [0.3, 0.4) is 0 Å². The van der Waals surface area contributed by atoms with E-state index in [2.05, 4.69) is 10.3 Å². The number of nitrogens with one attached hydrogen (secondary N) is 1. The number of carbonyl (C=O) groups excluding carboxylic acids is 1. The first-order valence-electron chi connectivity index (χ1n) is 9.75. The predicted molar refractivity (Wildman–Crippen MR) is 117 cm³/mol. The van der Waals surface area contributed by atoms with E-state index in [1.807, 2.05) is 40.6 Å². The van der Waals surface area contributed by atoms with E-state index in [1.165, 1.54) is 19.3 Å². The molecule has 148 valence electrons. The van der Waals surface area contributed by atoms with E-state index < -0.39 is 0 Å². The van der Waals surface area contributed by atoms with Crippen LogP contribution in [0.25, 0.3) is 6.08 Å². The molecule has 2 aromatic rings. The van der Waals surface area contributed by atoms with Crippen molar-refractivity contribution in [3.8, 4) is 5.75 Å². The maximum absolute atomic E-state index is 12.9. The Balaban J connectivity index is 1.43. The third-order valence-electron chi connectivity index (χ3n) is 5.19. The van der Waals surface area contributed by atoms with Crippen LogP contribution in [-0.4, -0.2) is 35.2 Å². The number of ether oxygens (including phenoxy) is 1. The standard InChI is InChI=1S/C21H25N3O2S2/c1-26-18-9-7-16(8-10-18)22-21-23-17(14-28-21)13-19-24(11-12-27-19)20(25)15-5-3-2-4-6-15/h7-10,13-15H,2-6,11-12H2,1H3,(H,22,23)/b19-13+. The van der Waals surface area contributed by atoms with Gasteiger partial charge in [-0.3, -0.25) is 4.79 Å². The summed E-state index contributed by atoms with van der Waals surface area (Å²) in [6.07, 6.45) is 7.77. The van der Waals surface area contributed by atoms with Crippen molar-refractivity contribution >= 4 is 45.9 Å². The van der Waals surface area contributed by atoms with E-state index in [0.29, 0.717) is 5.91 Å². The zero-order valence-electron chi connectivity index (χ0n) is 16.0. The summed E-state index contributed by atoms with van der Waals surface area (Å²) in [7, 11) is 1.66. The zero-order chi connectivity index (χ0) is 19.3. The van der Waals surface area contributed by atoms with Gasteiger partial charge < -0.3 is 15.0 Å². The van der Waals surface area contributed by atoms with Crippen LogP contribution < -0.4 is 10.1 Å². The van der Waals surface area contributed by atoms with Gasteiger partial charge in [0.2, 0.25) is 5.91 Å². The molecule has 1 aliphatic heterocycles. The number of nitrogens with zero attached hydrogens (tertiary/aromatic N) is 2. The van der Waals surface area contributed by atoms with E-state index in [0.717, 1.165) is 52.4 Å². The average molecular weight is 416 g/mol. The first-order valence-corrected chi connectivity index (χ1v) is 11.6. The Morgan fingerprint density at radius 2 is 2.04 bits per heavy atom. The third kappa shape index (κ3) is 4.52. The van der Waals surface area contributed by atoms with Crippen molar-refractivity contribution in [2.24, 2.45) is 5.92 Å². The van der Waals surface area contributed by atoms with Crippen LogP contribution in [0, 0.1) is 5.92 Å². The Hall–Kier alpha value is -1.99. The third-order valence-corrected chi connectivity index (χ3v) is 6.98. The largest absolute Gasteiger partial charge is 0.497 e. The smallest absolute Gasteiger partial charge is 0.230 e. The number of amides is 1. The van der Waals surface area contributed by atoms with E-state index >= 15 is 0 Å². The normalized spacial score (nSPS) is 19.2. The van der Waals surface area contributed by atoms with Crippen LogP contribution in [0.5, 0.6) is 5.75 Å². The number of aromatic nitrogens is 1. The van der Waals surface area contributed by atoms with Crippen molar-refractivity contribution in [1.29, 1.82) is 0 Å². The minimum atomic E-state index is 0.207. The maximum atomic E-state index is 12.9. The second-order valence-electron chi connectivity index (χ2n) is 7.09.